The number of benzene rings is 1. The Kier molecular flexibility index (Phi) is 3.24. The van der Waals surface area contributed by atoms with Gasteiger partial charge in [-0.2, -0.15) is 0 Å². The molecule has 2 unspecified atom stereocenters. The largest absolute Gasteiger partial charge is 0.316 e. The minimum Gasteiger partial charge on any atom is -0.316 e. The number of alkyl halides is 1. The van der Waals surface area contributed by atoms with Gasteiger partial charge >= 0.3 is 0 Å². The second kappa shape index (κ2) is 4.50. The van der Waals surface area contributed by atoms with Gasteiger partial charge in [0.1, 0.15) is 11.5 Å². The Balaban J connectivity index is 2.08. The molecule has 3 heteroatoms. The third-order valence-electron chi connectivity index (χ3n) is 3.40. The van der Waals surface area contributed by atoms with Crippen LogP contribution in [0, 0.1) is 11.7 Å². The summed E-state index contributed by atoms with van der Waals surface area (Å²) in [5.41, 5.74) is -0.269. The molecule has 1 aliphatic rings. The Hall–Kier alpha value is -0.960. The molecule has 0 amide bonds. The third kappa shape index (κ3) is 2.59. The minimum absolute atomic E-state index is 0.0666. The average molecular weight is 225 g/mol. The van der Waals surface area contributed by atoms with Crippen LogP contribution in [0.5, 0.6) is 0 Å². The molecule has 1 heterocycles. The molecule has 88 valence electrons. The van der Waals surface area contributed by atoms with Gasteiger partial charge in [-0.25, -0.2) is 8.78 Å². The fourth-order valence-electron chi connectivity index (χ4n) is 2.26. The lowest BCUT2D eigenvalue weighted by Crippen LogP contribution is -2.46. The zero-order chi connectivity index (χ0) is 11.6. The van der Waals surface area contributed by atoms with Gasteiger partial charge in [0.05, 0.1) is 0 Å². The van der Waals surface area contributed by atoms with E-state index in [1.165, 1.54) is 12.1 Å². The lowest BCUT2D eigenvalue weighted by Gasteiger charge is -2.35. The number of hydrogen-bond acceptors (Lipinski definition) is 1. The van der Waals surface area contributed by atoms with Gasteiger partial charge in [-0.05, 0) is 44.0 Å². The van der Waals surface area contributed by atoms with Crippen molar-refractivity contribution in [3.8, 4) is 0 Å². The lowest BCUT2D eigenvalue weighted by molar-refractivity contribution is 0.0676. The van der Waals surface area contributed by atoms with Crippen LogP contribution in [0.15, 0.2) is 24.3 Å². The molecule has 1 nitrogen and oxygen atoms in total. The molecule has 2 atom stereocenters. The highest BCUT2D eigenvalue weighted by Gasteiger charge is 2.36. The summed E-state index contributed by atoms with van der Waals surface area (Å²) in [5, 5.41) is 3.19. The Labute approximate surface area is 94.9 Å². The van der Waals surface area contributed by atoms with Crippen molar-refractivity contribution in [2.75, 3.05) is 13.1 Å². The Morgan fingerprint density at radius 1 is 1.50 bits per heavy atom. The van der Waals surface area contributed by atoms with Gasteiger partial charge in [-0.15, -0.1) is 0 Å². The summed E-state index contributed by atoms with van der Waals surface area (Å²) in [4.78, 5) is 0. The summed E-state index contributed by atoms with van der Waals surface area (Å²) in [5.74, 6) is -0.315. The highest BCUT2D eigenvalue weighted by molar-refractivity contribution is 5.18. The predicted octanol–water partition coefficient (Wildman–Crippen LogP) is 2.71. The molecule has 1 aromatic carbocycles. The van der Waals surface area contributed by atoms with E-state index in [-0.39, 0.29) is 11.7 Å². The molecule has 1 N–H and O–H groups in total. The average Bonchev–Trinajstić information content (AvgIpc) is 2.21. The van der Waals surface area contributed by atoms with Crippen LogP contribution in [0.25, 0.3) is 0 Å². The van der Waals surface area contributed by atoms with E-state index in [0.717, 1.165) is 12.1 Å². The minimum atomic E-state index is -1.14. The van der Waals surface area contributed by atoms with Gasteiger partial charge in [0, 0.05) is 12.5 Å². The number of hydrogen-bond donors (Lipinski definition) is 1. The molecule has 1 aromatic rings. The number of piperidine rings is 1. The number of nitrogens with one attached hydrogen (secondary N) is 1. The quantitative estimate of drug-likeness (QED) is 0.816. The monoisotopic (exact) mass is 225 g/mol. The molecule has 1 fully saturated rings. The van der Waals surface area contributed by atoms with Crippen molar-refractivity contribution in [3.05, 3.63) is 35.6 Å². The second-order valence-electron chi connectivity index (χ2n) is 4.76. The first kappa shape index (κ1) is 11.5. The molecule has 0 spiro atoms. The SMILES string of the molecule is CC1(F)CCNCC1Cc1cccc(F)c1. The maximum absolute atomic E-state index is 14.2. The fourth-order valence-corrected chi connectivity index (χ4v) is 2.26. The van der Waals surface area contributed by atoms with Crippen LogP contribution in [0.1, 0.15) is 18.9 Å². The van der Waals surface area contributed by atoms with Crippen molar-refractivity contribution in [2.45, 2.75) is 25.4 Å². The van der Waals surface area contributed by atoms with E-state index < -0.39 is 5.67 Å². The van der Waals surface area contributed by atoms with Crippen LogP contribution < -0.4 is 5.32 Å². The standard InChI is InChI=1S/C13H17F2N/c1-13(15)5-6-16-9-11(13)7-10-3-2-4-12(14)8-10/h2-4,8,11,16H,5-7,9H2,1H3. The van der Waals surface area contributed by atoms with Crippen molar-refractivity contribution in [3.63, 3.8) is 0 Å². The molecule has 0 bridgehead atoms. The molecule has 0 saturated carbocycles. The molecule has 0 aromatic heterocycles. The Morgan fingerprint density at radius 2 is 2.31 bits per heavy atom. The van der Waals surface area contributed by atoms with Crippen LogP contribution >= 0.6 is 0 Å². The zero-order valence-corrected chi connectivity index (χ0v) is 9.47. The summed E-state index contributed by atoms with van der Waals surface area (Å²) in [6.45, 7) is 3.05. The van der Waals surface area contributed by atoms with Gasteiger partial charge < -0.3 is 5.32 Å². The maximum Gasteiger partial charge on any atom is 0.123 e. The molecule has 1 saturated heterocycles. The van der Waals surface area contributed by atoms with Crippen LogP contribution in [0.4, 0.5) is 8.78 Å². The van der Waals surface area contributed by atoms with E-state index in [1.54, 1.807) is 13.0 Å². The van der Waals surface area contributed by atoms with E-state index in [2.05, 4.69) is 5.32 Å². The molecule has 0 aliphatic carbocycles. The van der Waals surface area contributed by atoms with Crippen molar-refractivity contribution in [2.24, 2.45) is 5.92 Å². The molecule has 16 heavy (non-hydrogen) atoms. The summed E-state index contributed by atoms with van der Waals surface area (Å²) in [6.07, 6.45) is 1.13. The van der Waals surface area contributed by atoms with Crippen LogP contribution in [-0.2, 0) is 6.42 Å². The highest BCUT2D eigenvalue weighted by atomic mass is 19.1. The van der Waals surface area contributed by atoms with Gasteiger partial charge in [-0.1, -0.05) is 12.1 Å². The Morgan fingerprint density at radius 3 is 3.00 bits per heavy atom. The summed E-state index contributed by atoms with van der Waals surface area (Å²) >= 11 is 0. The Bertz CT molecular complexity index is 363. The predicted molar refractivity (Wildman–Crippen MR) is 60.6 cm³/mol. The first-order valence-corrected chi connectivity index (χ1v) is 5.72. The van der Waals surface area contributed by atoms with Gasteiger partial charge in [0.25, 0.3) is 0 Å². The molecule has 0 radical (unpaired) electrons. The van der Waals surface area contributed by atoms with Crippen LogP contribution in [0.3, 0.4) is 0 Å². The molecular weight excluding hydrogens is 208 g/mol. The van der Waals surface area contributed by atoms with E-state index in [1.807, 2.05) is 6.07 Å². The van der Waals surface area contributed by atoms with Crippen molar-refractivity contribution < 1.29 is 8.78 Å². The number of rotatable bonds is 2. The van der Waals surface area contributed by atoms with Crippen molar-refractivity contribution in [1.82, 2.24) is 5.32 Å². The zero-order valence-electron chi connectivity index (χ0n) is 9.47. The van der Waals surface area contributed by atoms with Crippen molar-refractivity contribution in [1.29, 1.82) is 0 Å². The third-order valence-corrected chi connectivity index (χ3v) is 3.40. The normalized spacial score (nSPS) is 30.3. The lowest BCUT2D eigenvalue weighted by atomic mass is 9.81. The van der Waals surface area contributed by atoms with Gasteiger partial charge in [0.2, 0.25) is 0 Å². The van der Waals surface area contributed by atoms with E-state index in [9.17, 15) is 8.78 Å². The molecule has 1 aliphatic heterocycles. The van der Waals surface area contributed by atoms with Gasteiger partial charge in [-0.3, -0.25) is 0 Å². The van der Waals surface area contributed by atoms with E-state index in [4.69, 9.17) is 0 Å². The molecule has 2 rings (SSSR count). The van der Waals surface area contributed by atoms with E-state index in [0.29, 0.717) is 19.4 Å². The highest BCUT2D eigenvalue weighted by Crippen LogP contribution is 2.30. The first-order valence-electron chi connectivity index (χ1n) is 5.72. The summed E-state index contributed by atoms with van der Waals surface area (Å²) in [7, 11) is 0. The second-order valence-corrected chi connectivity index (χ2v) is 4.76. The summed E-state index contributed by atoms with van der Waals surface area (Å²) < 4.78 is 27.2. The van der Waals surface area contributed by atoms with Crippen LogP contribution in [-0.4, -0.2) is 18.8 Å². The topological polar surface area (TPSA) is 12.0 Å². The first-order chi connectivity index (χ1) is 7.58. The maximum atomic E-state index is 14.2. The molecular formula is C13H17F2N. The van der Waals surface area contributed by atoms with Crippen molar-refractivity contribution >= 4 is 0 Å². The van der Waals surface area contributed by atoms with Gasteiger partial charge in [0.15, 0.2) is 0 Å². The smallest absolute Gasteiger partial charge is 0.123 e. The van der Waals surface area contributed by atoms with E-state index >= 15 is 0 Å². The van der Waals surface area contributed by atoms with Crippen LogP contribution in [0.2, 0.25) is 0 Å². The number of halogens is 2. The fraction of sp³-hybridized carbons (Fsp3) is 0.538. The summed E-state index contributed by atoms with van der Waals surface area (Å²) in [6, 6.07) is 6.44.